The van der Waals surface area contributed by atoms with Gasteiger partial charge in [-0.05, 0) is 17.5 Å². The monoisotopic (exact) mass is 359 g/mol. The Hall–Kier alpha value is -1.14. The van der Waals surface area contributed by atoms with Crippen molar-refractivity contribution in [3.63, 3.8) is 0 Å². The number of hydrogen-bond acceptors (Lipinski definition) is 4. The van der Waals surface area contributed by atoms with Gasteiger partial charge in [-0.3, -0.25) is 4.79 Å². The van der Waals surface area contributed by atoms with E-state index in [1.807, 2.05) is 38.1 Å². The molecule has 0 radical (unpaired) electrons. The summed E-state index contributed by atoms with van der Waals surface area (Å²) in [4.78, 5) is 16.5. The molecule has 0 spiro atoms. The van der Waals surface area contributed by atoms with Crippen molar-refractivity contribution >= 4 is 41.3 Å². The molecule has 1 aromatic heterocycles. The third-order valence-electron chi connectivity index (χ3n) is 3.15. The number of thiazole rings is 1. The first-order valence-electron chi connectivity index (χ1n) is 6.72. The van der Waals surface area contributed by atoms with Crippen LogP contribution in [0.1, 0.15) is 40.9 Å². The molecule has 0 bridgehead atoms. The van der Waals surface area contributed by atoms with Crippen LogP contribution in [0.2, 0.25) is 5.02 Å². The Labute approximate surface area is 145 Å². The summed E-state index contributed by atoms with van der Waals surface area (Å²) >= 11 is 7.63. The predicted molar refractivity (Wildman–Crippen MR) is 93.8 cm³/mol. The number of benzene rings is 1. The highest BCUT2D eigenvalue weighted by atomic mass is 35.5. The van der Waals surface area contributed by atoms with Gasteiger partial charge in [-0.2, -0.15) is 0 Å². The van der Waals surface area contributed by atoms with Crippen LogP contribution in [0.15, 0.2) is 29.6 Å². The van der Waals surface area contributed by atoms with E-state index >= 15 is 0 Å². The highest BCUT2D eigenvalue weighted by Crippen LogP contribution is 2.28. The minimum absolute atomic E-state index is 0. The van der Waals surface area contributed by atoms with Gasteiger partial charge in [0.25, 0.3) is 5.91 Å². The maximum Gasteiger partial charge on any atom is 0.271 e. The van der Waals surface area contributed by atoms with Gasteiger partial charge in [-0.15, -0.1) is 23.7 Å². The zero-order valence-corrected chi connectivity index (χ0v) is 14.8. The van der Waals surface area contributed by atoms with Gasteiger partial charge in [0.1, 0.15) is 10.7 Å². The standard InChI is InChI=1S/C15H18ClN3OS.ClH/c1-9(2)14(10-5-3-4-6-11(10)16)19-15(20)12-8-21-13(7-17)18-12;/h3-6,8-9,14H,7,17H2,1-2H3,(H,19,20);1H. The first-order chi connectivity index (χ1) is 10.0. The average Bonchev–Trinajstić information content (AvgIpc) is 2.94. The van der Waals surface area contributed by atoms with Gasteiger partial charge in [0.15, 0.2) is 0 Å². The maximum absolute atomic E-state index is 12.3. The van der Waals surface area contributed by atoms with Crippen molar-refractivity contribution in [3.8, 4) is 0 Å². The second-order valence-electron chi connectivity index (χ2n) is 5.05. The van der Waals surface area contributed by atoms with Crippen molar-refractivity contribution in [1.82, 2.24) is 10.3 Å². The zero-order chi connectivity index (χ0) is 15.4. The summed E-state index contributed by atoms with van der Waals surface area (Å²) in [7, 11) is 0. The molecule has 1 atom stereocenters. The molecule has 3 N–H and O–H groups in total. The average molecular weight is 360 g/mol. The number of nitrogens with zero attached hydrogens (tertiary/aromatic N) is 1. The fraction of sp³-hybridized carbons (Fsp3) is 0.333. The number of nitrogens with one attached hydrogen (secondary N) is 1. The van der Waals surface area contributed by atoms with E-state index in [4.69, 9.17) is 17.3 Å². The molecular formula is C15H19Cl2N3OS. The van der Waals surface area contributed by atoms with Gasteiger partial charge < -0.3 is 11.1 Å². The number of hydrogen-bond donors (Lipinski definition) is 2. The molecule has 1 aromatic carbocycles. The fourth-order valence-electron chi connectivity index (χ4n) is 2.05. The lowest BCUT2D eigenvalue weighted by Crippen LogP contribution is -2.32. The summed E-state index contributed by atoms with van der Waals surface area (Å²) in [6, 6.07) is 7.39. The van der Waals surface area contributed by atoms with E-state index in [-0.39, 0.29) is 30.3 Å². The molecule has 0 fully saturated rings. The summed E-state index contributed by atoms with van der Waals surface area (Å²) in [5.74, 6) is 0.00559. The van der Waals surface area contributed by atoms with Crippen molar-refractivity contribution in [2.45, 2.75) is 26.4 Å². The summed E-state index contributed by atoms with van der Waals surface area (Å²) in [5.41, 5.74) is 6.84. The van der Waals surface area contributed by atoms with Crippen LogP contribution in [-0.2, 0) is 6.54 Å². The van der Waals surface area contributed by atoms with Gasteiger partial charge in [0, 0.05) is 16.9 Å². The number of rotatable bonds is 5. The predicted octanol–water partition coefficient (Wildman–Crippen LogP) is 3.80. The molecule has 0 saturated carbocycles. The Morgan fingerprint density at radius 1 is 1.41 bits per heavy atom. The smallest absolute Gasteiger partial charge is 0.271 e. The lowest BCUT2D eigenvalue weighted by Gasteiger charge is -2.23. The van der Waals surface area contributed by atoms with Gasteiger partial charge >= 0.3 is 0 Å². The minimum Gasteiger partial charge on any atom is -0.344 e. The van der Waals surface area contributed by atoms with E-state index in [1.54, 1.807) is 5.38 Å². The molecule has 7 heteroatoms. The van der Waals surface area contributed by atoms with E-state index in [0.717, 1.165) is 10.6 Å². The fourth-order valence-corrected chi connectivity index (χ4v) is 2.96. The lowest BCUT2D eigenvalue weighted by molar-refractivity contribution is 0.0921. The number of aromatic nitrogens is 1. The summed E-state index contributed by atoms with van der Waals surface area (Å²) in [5, 5.41) is 6.13. The molecule has 1 unspecified atom stereocenters. The molecule has 2 rings (SSSR count). The maximum atomic E-state index is 12.3. The van der Waals surface area contributed by atoms with E-state index in [1.165, 1.54) is 11.3 Å². The lowest BCUT2D eigenvalue weighted by atomic mass is 9.96. The van der Waals surface area contributed by atoms with E-state index in [9.17, 15) is 4.79 Å². The SMILES string of the molecule is CC(C)C(NC(=O)c1csc(CN)n1)c1ccccc1Cl.Cl. The minimum atomic E-state index is -0.204. The van der Waals surface area contributed by atoms with E-state index in [2.05, 4.69) is 10.3 Å². The third-order valence-corrected chi connectivity index (χ3v) is 4.37. The Morgan fingerprint density at radius 3 is 2.64 bits per heavy atom. The Morgan fingerprint density at radius 2 is 2.09 bits per heavy atom. The highest BCUT2D eigenvalue weighted by Gasteiger charge is 2.22. The normalized spacial score (nSPS) is 11.9. The molecule has 0 saturated heterocycles. The van der Waals surface area contributed by atoms with Crippen LogP contribution >= 0.6 is 35.3 Å². The zero-order valence-electron chi connectivity index (χ0n) is 12.4. The molecule has 1 amide bonds. The molecule has 2 aromatic rings. The van der Waals surface area contributed by atoms with Crippen molar-refractivity contribution in [3.05, 3.63) is 50.9 Å². The van der Waals surface area contributed by atoms with Crippen LogP contribution in [0.25, 0.3) is 0 Å². The largest absolute Gasteiger partial charge is 0.344 e. The first kappa shape index (κ1) is 18.9. The molecule has 120 valence electrons. The number of carbonyl (C=O) groups excluding carboxylic acids is 1. The van der Waals surface area contributed by atoms with Gasteiger partial charge in [-0.25, -0.2) is 4.98 Å². The number of amides is 1. The molecule has 0 aliphatic heterocycles. The van der Waals surface area contributed by atoms with Gasteiger partial charge in [0.2, 0.25) is 0 Å². The second-order valence-corrected chi connectivity index (χ2v) is 6.40. The van der Waals surface area contributed by atoms with Crippen LogP contribution in [-0.4, -0.2) is 10.9 Å². The topological polar surface area (TPSA) is 68.0 Å². The van der Waals surface area contributed by atoms with Crippen LogP contribution in [0.4, 0.5) is 0 Å². The summed E-state index contributed by atoms with van der Waals surface area (Å²) in [6.45, 7) is 4.43. The van der Waals surface area contributed by atoms with E-state index in [0.29, 0.717) is 17.3 Å². The van der Waals surface area contributed by atoms with Crippen LogP contribution in [0.5, 0.6) is 0 Å². The molecule has 0 aliphatic carbocycles. The molecule has 4 nitrogen and oxygen atoms in total. The van der Waals surface area contributed by atoms with Crippen LogP contribution in [0.3, 0.4) is 0 Å². The quantitative estimate of drug-likeness (QED) is 0.852. The Balaban J connectivity index is 0.00000242. The first-order valence-corrected chi connectivity index (χ1v) is 7.98. The van der Waals surface area contributed by atoms with Crippen molar-refractivity contribution in [2.24, 2.45) is 11.7 Å². The molecule has 22 heavy (non-hydrogen) atoms. The van der Waals surface area contributed by atoms with Crippen molar-refractivity contribution in [2.75, 3.05) is 0 Å². The second kappa shape index (κ2) is 8.48. The number of nitrogens with two attached hydrogens (primary N) is 1. The molecular weight excluding hydrogens is 341 g/mol. The highest BCUT2D eigenvalue weighted by molar-refractivity contribution is 7.09. The Kier molecular flexibility index (Phi) is 7.29. The van der Waals surface area contributed by atoms with Crippen molar-refractivity contribution < 1.29 is 4.79 Å². The van der Waals surface area contributed by atoms with Crippen LogP contribution in [0, 0.1) is 5.92 Å². The molecule has 1 heterocycles. The van der Waals surface area contributed by atoms with Gasteiger partial charge in [-0.1, -0.05) is 43.6 Å². The number of halogens is 2. The summed E-state index contributed by atoms with van der Waals surface area (Å²) in [6.07, 6.45) is 0. The Bertz CT molecular complexity index is 631. The van der Waals surface area contributed by atoms with Gasteiger partial charge in [0.05, 0.1) is 6.04 Å². The molecule has 0 aliphatic rings. The van der Waals surface area contributed by atoms with Crippen molar-refractivity contribution in [1.29, 1.82) is 0 Å². The summed E-state index contributed by atoms with van der Waals surface area (Å²) < 4.78 is 0. The third kappa shape index (κ3) is 4.43. The number of carbonyl (C=O) groups is 1. The van der Waals surface area contributed by atoms with E-state index < -0.39 is 0 Å². The van der Waals surface area contributed by atoms with Crippen LogP contribution < -0.4 is 11.1 Å².